The lowest BCUT2D eigenvalue weighted by Crippen LogP contribution is -2.25. The van der Waals surface area contributed by atoms with Crippen molar-refractivity contribution in [1.29, 1.82) is 0 Å². The van der Waals surface area contributed by atoms with Crippen molar-refractivity contribution >= 4 is 51.7 Å². The zero-order chi connectivity index (χ0) is 25.8. The highest BCUT2D eigenvalue weighted by atomic mass is 35.5. The minimum absolute atomic E-state index is 0.0152. The highest BCUT2D eigenvalue weighted by Crippen LogP contribution is 2.38. The molecule has 2 amide bonds. The molecule has 0 radical (unpaired) electrons. The van der Waals surface area contributed by atoms with Gasteiger partial charge in [0.25, 0.3) is 5.91 Å². The second-order valence-electron chi connectivity index (χ2n) is 8.58. The Morgan fingerprint density at radius 3 is 2.51 bits per heavy atom. The molecule has 0 aromatic heterocycles. The molecule has 2 aliphatic heterocycles. The Kier molecular flexibility index (Phi) is 7.58. The molecule has 0 unspecified atom stereocenters. The Labute approximate surface area is 224 Å². The van der Waals surface area contributed by atoms with Crippen molar-refractivity contribution in [3.63, 3.8) is 0 Å². The molecule has 188 valence electrons. The van der Waals surface area contributed by atoms with Crippen molar-refractivity contribution in [2.75, 3.05) is 11.9 Å². The van der Waals surface area contributed by atoms with Crippen LogP contribution in [0.4, 0.5) is 5.69 Å². The number of nitrogens with one attached hydrogen (secondary N) is 1. The van der Waals surface area contributed by atoms with Crippen LogP contribution in [0.2, 0.25) is 5.02 Å². The van der Waals surface area contributed by atoms with Gasteiger partial charge in [0.2, 0.25) is 5.91 Å². The summed E-state index contributed by atoms with van der Waals surface area (Å²) in [4.78, 5) is 29.8. The monoisotopic (exact) mass is 532 g/mol. The number of hydrazone groups is 1. The van der Waals surface area contributed by atoms with Gasteiger partial charge in [-0.3, -0.25) is 9.59 Å². The molecule has 3 aromatic carbocycles. The van der Waals surface area contributed by atoms with E-state index in [1.165, 1.54) is 11.8 Å². The molecule has 2 aliphatic rings. The summed E-state index contributed by atoms with van der Waals surface area (Å²) < 4.78 is 5.43. The van der Waals surface area contributed by atoms with E-state index in [0.29, 0.717) is 28.9 Å². The lowest BCUT2D eigenvalue weighted by molar-refractivity contribution is -0.121. The summed E-state index contributed by atoms with van der Waals surface area (Å²) in [5.41, 5.74) is 3.57. The van der Waals surface area contributed by atoms with Crippen LogP contribution in [0.15, 0.2) is 89.0 Å². The van der Waals surface area contributed by atoms with Crippen LogP contribution in [0.25, 0.3) is 0 Å². The Hall–Kier alpha value is -3.62. The third-order valence-electron chi connectivity index (χ3n) is 6.02. The predicted octanol–water partition coefficient (Wildman–Crippen LogP) is 5.92. The summed E-state index contributed by atoms with van der Waals surface area (Å²) in [7, 11) is 0. The summed E-state index contributed by atoms with van der Waals surface area (Å²) in [5, 5.41) is 10.1. The average molecular weight is 533 g/mol. The van der Waals surface area contributed by atoms with E-state index in [9.17, 15) is 9.59 Å². The Balaban J connectivity index is 1.30. The smallest absolute Gasteiger partial charge is 0.262 e. The van der Waals surface area contributed by atoms with Crippen LogP contribution in [-0.4, -0.2) is 39.6 Å². The first-order valence-electron chi connectivity index (χ1n) is 12.0. The Bertz CT molecular complexity index is 1340. The molecule has 1 N–H and O–H groups in total. The fourth-order valence-electron chi connectivity index (χ4n) is 4.22. The number of amidine groups is 1. The number of benzene rings is 3. The van der Waals surface area contributed by atoms with Gasteiger partial charge >= 0.3 is 0 Å². The molecule has 0 saturated carbocycles. The average Bonchev–Trinajstić information content (AvgIpc) is 3.50. The third-order valence-corrected chi connectivity index (χ3v) is 7.41. The first-order chi connectivity index (χ1) is 18.0. The molecule has 0 spiro atoms. The first-order valence-corrected chi connectivity index (χ1v) is 13.3. The van der Waals surface area contributed by atoms with E-state index in [2.05, 4.69) is 10.3 Å². The molecule has 0 aliphatic carbocycles. The van der Waals surface area contributed by atoms with Gasteiger partial charge in [-0.05, 0) is 54.4 Å². The summed E-state index contributed by atoms with van der Waals surface area (Å²) in [5.74, 6) is 0.152. The minimum Gasteiger partial charge on any atom is -0.494 e. The summed E-state index contributed by atoms with van der Waals surface area (Å²) in [6.45, 7) is 2.48. The van der Waals surface area contributed by atoms with Crippen molar-refractivity contribution in [2.24, 2.45) is 10.1 Å². The van der Waals surface area contributed by atoms with Crippen molar-refractivity contribution in [3.8, 4) is 5.75 Å². The maximum Gasteiger partial charge on any atom is 0.262 e. The molecule has 7 nitrogen and oxygen atoms in total. The number of nitrogens with zero attached hydrogens (tertiary/aromatic N) is 3. The summed E-state index contributed by atoms with van der Waals surface area (Å²) in [6, 6.07) is 24.6. The number of carbonyl (C=O) groups excluding carboxylic acids is 2. The van der Waals surface area contributed by atoms with E-state index in [-0.39, 0.29) is 24.3 Å². The normalized spacial score (nSPS) is 19.0. The van der Waals surface area contributed by atoms with Crippen molar-refractivity contribution < 1.29 is 14.3 Å². The van der Waals surface area contributed by atoms with E-state index in [0.717, 1.165) is 22.6 Å². The van der Waals surface area contributed by atoms with E-state index < -0.39 is 5.25 Å². The van der Waals surface area contributed by atoms with E-state index in [4.69, 9.17) is 21.4 Å². The number of amides is 2. The topological polar surface area (TPSA) is 83.4 Å². The standard InChI is InChI=1S/C28H25ClN4O3S/c1-2-36-22-14-12-21(13-15-22)30-26(34)17-25-27(35)31-28(37-25)33-24(19-6-4-3-5-7-19)16-23(32-33)18-8-10-20(29)11-9-18/h3-15,24-25H,2,16-17H2,1H3,(H,30,34)/t24-,25+/m1/s1. The first kappa shape index (κ1) is 25.0. The lowest BCUT2D eigenvalue weighted by Gasteiger charge is -2.23. The van der Waals surface area contributed by atoms with Gasteiger partial charge in [0, 0.05) is 23.6 Å². The molecule has 2 atom stereocenters. The maximum absolute atomic E-state index is 12.8. The summed E-state index contributed by atoms with van der Waals surface area (Å²) >= 11 is 7.35. The fourth-order valence-corrected chi connectivity index (χ4v) is 5.41. The van der Waals surface area contributed by atoms with Crippen LogP contribution in [0.3, 0.4) is 0 Å². The van der Waals surface area contributed by atoms with E-state index in [1.807, 2.05) is 66.5 Å². The number of aliphatic imine (C=N–C) groups is 1. The van der Waals surface area contributed by atoms with Crippen molar-refractivity contribution in [3.05, 3.63) is 95.0 Å². The van der Waals surface area contributed by atoms with Gasteiger partial charge < -0.3 is 10.1 Å². The van der Waals surface area contributed by atoms with Crippen LogP contribution in [0.1, 0.15) is 36.9 Å². The fraction of sp³-hybridized carbons (Fsp3) is 0.214. The van der Waals surface area contributed by atoms with Gasteiger partial charge in [-0.25, -0.2) is 5.01 Å². The van der Waals surface area contributed by atoms with Crippen molar-refractivity contribution in [2.45, 2.75) is 31.1 Å². The van der Waals surface area contributed by atoms with Crippen LogP contribution >= 0.6 is 23.4 Å². The highest BCUT2D eigenvalue weighted by molar-refractivity contribution is 8.15. The second kappa shape index (κ2) is 11.2. The molecule has 5 rings (SSSR count). The molecule has 37 heavy (non-hydrogen) atoms. The van der Waals surface area contributed by atoms with Crippen LogP contribution in [0, 0.1) is 0 Å². The number of anilines is 1. The SMILES string of the molecule is CCOc1ccc(NC(=O)C[C@@H]2SC(N3N=C(c4ccc(Cl)cc4)C[C@@H]3c3ccccc3)=NC2=O)cc1. The quantitative estimate of drug-likeness (QED) is 0.408. The van der Waals surface area contributed by atoms with Gasteiger partial charge in [-0.1, -0.05) is 65.8 Å². The molecular formula is C28H25ClN4O3S. The number of rotatable bonds is 7. The number of carbonyl (C=O) groups is 2. The largest absolute Gasteiger partial charge is 0.494 e. The molecule has 0 bridgehead atoms. The second-order valence-corrected chi connectivity index (χ2v) is 10.2. The highest BCUT2D eigenvalue weighted by Gasteiger charge is 2.39. The Morgan fingerprint density at radius 1 is 1.08 bits per heavy atom. The molecule has 2 heterocycles. The molecular weight excluding hydrogens is 508 g/mol. The van der Waals surface area contributed by atoms with Gasteiger partial charge in [0.1, 0.15) is 11.0 Å². The van der Waals surface area contributed by atoms with Crippen LogP contribution in [-0.2, 0) is 9.59 Å². The molecule has 9 heteroatoms. The van der Waals surface area contributed by atoms with E-state index in [1.54, 1.807) is 24.3 Å². The van der Waals surface area contributed by atoms with Gasteiger partial charge in [-0.15, -0.1) is 0 Å². The lowest BCUT2D eigenvalue weighted by atomic mass is 9.99. The number of hydrogen-bond donors (Lipinski definition) is 1. The number of thioether (sulfide) groups is 1. The van der Waals surface area contributed by atoms with Gasteiger partial charge in [-0.2, -0.15) is 10.1 Å². The van der Waals surface area contributed by atoms with Crippen LogP contribution < -0.4 is 10.1 Å². The van der Waals surface area contributed by atoms with Gasteiger partial charge in [0.15, 0.2) is 5.17 Å². The van der Waals surface area contributed by atoms with Crippen LogP contribution in [0.5, 0.6) is 5.75 Å². The minimum atomic E-state index is -0.607. The van der Waals surface area contributed by atoms with Gasteiger partial charge in [0.05, 0.1) is 18.4 Å². The third kappa shape index (κ3) is 5.87. The summed E-state index contributed by atoms with van der Waals surface area (Å²) in [6.07, 6.45) is 0.670. The zero-order valence-corrected chi connectivity index (χ0v) is 21.7. The zero-order valence-electron chi connectivity index (χ0n) is 20.1. The number of hydrogen-bond acceptors (Lipinski definition) is 6. The van der Waals surface area contributed by atoms with Crippen molar-refractivity contribution in [1.82, 2.24) is 5.01 Å². The van der Waals surface area contributed by atoms with E-state index >= 15 is 0 Å². The molecule has 0 saturated heterocycles. The molecule has 3 aromatic rings. The molecule has 0 fully saturated rings. The predicted molar refractivity (Wildman–Crippen MR) is 148 cm³/mol. The number of halogens is 1. The maximum atomic E-state index is 12.8. The Morgan fingerprint density at radius 2 is 1.81 bits per heavy atom. The number of ether oxygens (including phenoxy) is 1.